The first-order chi connectivity index (χ1) is 12.9. The zero-order chi connectivity index (χ0) is 19.6. The first-order valence-electron chi connectivity index (χ1n) is 7.73. The average molecular weight is 383 g/mol. The Morgan fingerprint density at radius 3 is 2.56 bits per heavy atom. The van der Waals surface area contributed by atoms with E-state index in [0.29, 0.717) is 5.69 Å². The van der Waals surface area contributed by atoms with Crippen molar-refractivity contribution in [1.29, 1.82) is 0 Å². The molecule has 1 aliphatic rings. The van der Waals surface area contributed by atoms with Crippen LogP contribution in [0.3, 0.4) is 0 Å². The molecule has 1 fully saturated rings. The molecule has 2 amide bonds. The highest BCUT2D eigenvalue weighted by Crippen LogP contribution is 2.24. The fourth-order valence-corrected chi connectivity index (χ4v) is 2.78. The van der Waals surface area contributed by atoms with Crippen molar-refractivity contribution in [2.45, 2.75) is 0 Å². The number of thiocarbonyl (C=S) groups is 1. The van der Waals surface area contributed by atoms with Gasteiger partial charge in [-0.2, -0.15) is 0 Å². The number of hydrogen-bond acceptors (Lipinski definition) is 6. The van der Waals surface area contributed by atoms with Crippen LogP contribution in [0.25, 0.3) is 0 Å². The Bertz CT molecular complexity index is 974. The highest BCUT2D eigenvalue weighted by atomic mass is 32.1. The second-order valence-corrected chi connectivity index (χ2v) is 5.95. The summed E-state index contributed by atoms with van der Waals surface area (Å²) in [5.74, 6) is -4.17. The molecule has 3 N–H and O–H groups in total. The third kappa shape index (κ3) is 3.67. The second-order valence-electron chi connectivity index (χ2n) is 5.57. The molecule has 136 valence electrons. The number of phenols is 1. The molecule has 0 spiro atoms. The molecule has 1 aliphatic heterocycles. The van der Waals surface area contributed by atoms with Crippen LogP contribution in [0, 0.1) is 5.92 Å². The van der Waals surface area contributed by atoms with Gasteiger partial charge in [0.1, 0.15) is 11.3 Å². The number of carboxylic acids is 1. The number of hydrogen-bond donors (Lipinski definition) is 3. The molecule has 2 aromatic carbocycles. The molecular weight excluding hydrogens is 370 g/mol. The number of nitrogens with one attached hydrogen (secondary N) is 1. The van der Waals surface area contributed by atoms with Crippen LogP contribution in [-0.4, -0.2) is 39.3 Å². The maximum atomic E-state index is 12.7. The number of aliphatic imine (C=N–C) groups is 1. The standard InChI is InChI=1S/C18H13N3O5S/c22-14-7-6-10(8-12(14)17(25)26)19-9-13-15(23)20-18(27)21(16(13)24)11-4-2-1-3-5-11/h1-9,13,22H,(H,25,26)(H,20,23,27)/t13-/m0/s1. The van der Waals surface area contributed by atoms with E-state index in [2.05, 4.69) is 10.3 Å². The quantitative estimate of drug-likeness (QED) is 0.421. The lowest BCUT2D eigenvalue weighted by Gasteiger charge is -2.30. The lowest BCUT2D eigenvalue weighted by Crippen LogP contribution is -2.58. The number of amides is 2. The lowest BCUT2D eigenvalue weighted by molar-refractivity contribution is -0.130. The van der Waals surface area contributed by atoms with E-state index in [4.69, 9.17) is 17.3 Å². The molecule has 2 aromatic rings. The van der Waals surface area contributed by atoms with E-state index >= 15 is 0 Å². The number of carboxylic acid groups (broad SMARTS) is 1. The summed E-state index contributed by atoms with van der Waals surface area (Å²) >= 11 is 5.09. The molecule has 8 nitrogen and oxygen atoms in total. The van der Waals surface area contributed by atoms with Crippen molar-refractivity contribution in [3.05, 3.63) is 54.1 Å². The van der Waals surface area contributed by atoms with E-state index in [1.165, 1.54) is 17.0 Å². The molecule has 0 aromatic heterocycles. The van der Waals surface area contributed by atoms with Gasteiger partial charge in [0.25, 0.3) is 5.91 Å². The van der Waals surface area contributed by atoms with Crippen molar-refractivity contribution in [3.8, 4) is 5.75 Å². The summed E-state index contributed by atoms with van der Waals surface area (Å²) in [6, 6.07) is 12.3. The van der Waals surface area contributed by atoms with Gasteiger partial charge in [0, 0.05) is 6.21 Å². The van der Waals surface area contributed by atoms with Crippen molar-refractivity contribution in [2.75, 3.05) is 4.90 Å². The van der Waals surface area contributed by atoms with Gasteiger partial charge in [-0.15, -0.1) is 0 Å². The monoisotopic (exact) mass is 383 g/mol. The Balaban J connectivity index is 1.89. The second kappa shape index (κ2) is 7.34. The first-order valence-corrected chi connectivity index (χ1v) is 8.13. The van der Waals surface area contributed by atoms with Crippen molar-refractivity contribution in [1.82, 2.24) is 5.32 Å². The molecule has 1 saturated heterocycles. The highest BCUT2D eigenvalue weighted by molar-refractivity contribution is 7.80. The van der Waals surface area contributed by atoms with Gasteiger partial charge in [-0.25, -0.2) is 4.79 Å². The summed E-state index contributed by atoms with van der Waals surface area (Å²) in [4.78, 5) is 41.2. The number of anilines is 1. The molecular formula is C18H13N3O5S. The van der Waals surface area contributed by atoms with Crippen molar-refractivity contribution < 1.29 is 24.6 Å². The maximum Gasteiger partial charge on any atom is 0.339 e. The third-order valence-corrected chi connectivity index (χ3v) is 4.08. The van der Waals surface area contributed by atoms with Crippen LogP contribution in [0.15, 0.2) is 53.5 Å². The van der Waals surface area contributed by atoms with Gasteiger partial charge in [0.2, 0.25) is 5.91 Å². The molecule has 0 aliphatic carbocycles. The summed E-state index contributed by atoms with van der Waals surface area (Å²) in [5.41, 5.74) is 0.338. The van der Waals surface area contributed by atoms with Crippen molar-refractivity contribution >= 4 is 52.7 Å². The van der Waals surface area contributed by atoms with Crippen LogP contribution in [0.5, 0.6) is 5.75 Å². The normalized spacial score (nSPS) is 17.3. The molecule has 0 radical (unpaired) electrons. The zero-order valence-corrected chi connectivity index (χ0v) is 14.5. The molecule has 1 atom stereocenters. The summed E-state index contributed by atoms with van der Waals surface area (Å²) < 4.78 is 0. The average Bonchev–Trinajstić information content (AvgIpc) is 2.63. The first kappa shape index (κ1) is 18.2. The van der Waals surface area contributed by atoms with E-state index in [0.717, 1.165) is 12.3 Å². The van der Waals surface area contributed by atoms with Crippen molar-refractivity contribution in [2.24, 2.45) is 10.9 Å². The van der Waals surface area contributed by atoms with Gasteiger partial charge in [0.15, 0.2) is 11.0 Å². The van der Waals surface area contributed by atoms with Gasteiger partial charge in [-0.05, 0) is 42.5 Å². The largest absolute Gasteiger partial charge is 0.507 e. The number of benzene rings is 2. The third-order valence-electron chi connectivity index (χ3n) is 3.80. The predicted octanol–water partition coefficient (Wildman–Crippen LogP) is 1.86. The number of nitrogens with zero attached hydrogens (tertiary/aromatic N) is 2. The fourth-order valence-electron chi connectivity index (χ4n) is 2.48. The minimum absolute atomic E-state index is 0.0290. The number of carbonyl (C=O) groups excluding carboxylic acids is 2. The summed E-state index contributed by atoms with van der Waals surface area (Å²) in [7, 11) is 0. The predicted molar refractivity (Wildman–Crippen MR) is 101 cm³/mol. The van der Waals surface area contributed by atoms with Gasteiger partial charge >= 0.3 is 5.97 Å². The van der Waals surface area contributed by atoms with E-state index in [1.807, 2.05) is 0 Å². The molecule has 3 rings (SSSR count). The topological polar surface area (TPSA) is 119 Å². The fraction of sp³-hybridized carbons (Fsp3) is 0.0556. The van der Waals surface area contributed by atoms with E-state index in [-0.39, 0.29) is 16.4 Å². The van der Waals surface area contributed by atoms with Crippen LogP contribution in [0.4, 0.5) is 11.4 Å². The van der Waals surface area contributed by atoms with Gasteiger partial charge in [0.05, 0.1) is 11.4 Å². The zero-order valence-electron chi connectivity index (χ0n) is 13.7. The Morgan fingerprint density at radius 1 is 1.19 bits per heavy atom. The molecule has 0 saturated carbocycles. The Kier molecular flexibility index (Phi) is 4.95. The highest BCUT2D eigenvalue weighted by Gasteiger charge is 2.38. The van der Waals surface area contributed by atoms with Crippen LogP contribution < -0.4 is 10.2 Å². The Labute approximate surface area is 158 Å². The summed E-state index contributed by atoms with van der Waals surface area (Å²) in [6.07, 6.45) is 1.12. The van der Waals surface area contributed by atoms with E-state index in [1.54, 1.807) is 30.3 Å². The number of aromatic carboxylic acids is 1. The SMILES string of the molecule is O=C(O)c1cc(N=C[C@H]2C(=O)NC(=S)N(c3ccccc3)C2=O)ccc1O. The number of aromatic hydroxyl groups is 1. The molecule has 1 heterocycles. The minimum atomic E-state index is -1.32. The van der Waals surface area contributed by atoms with E-state index in [9.17, 15) is 19.5 Å². The Morgan fingerprint density at radius 2 is 1.89 bits per heavy atom. The lowest BCUT2D eigenvalue weighted by atomic mass is 10.1. The number of carbonyl (C=O) groups is 3. The molecule has 0 unspecified atom stereocenters. The van der Waals surface area contributed by atoms with Crippen LogP contribution in [0.1, 0.15) is 10.4 Å². The van der Waals surface area contributed by atoms with Gasteiger partial charge in [-0.1, -0.05) is 18.2 Å². The van der Waals surface area contributed by atoms with Crippen LogP contribution >= 0.6 is 12.2 Å². The minimum Gasteiger partial charge on any atom is -0.507 e. The van der Waals surface area contributed by atoms with Crippen LogP contribution in [-0.2, 0) is 9.59 Å². The summed E-state index contributed by atoms with van der Waals surface area (Å²) in [6.45, 7) is 0. The molecule has 0 bridgehead atoms. The van der Waals surface area contributed by atoms with E-state index < -0.39 is 29.5 Å². The molecule has 27 heavy (non-hydrogen) atoms. The van der Waals surface area contributed by atoms with Crippen molar-refractivity contribution in [3.63, 3.8) is 0 Å². The van der Waals surface area contributed by atoms with Gasteiger partial charge in [-0.3, -0.25) is 19.5 Å². The summed E-state index contributed by atoms with van der Waals surface area (Å²) in [5, 5.41) is 21.0. The van der Waals surface area contributed by atoms with Crippen LogP contribution in [0.2, 0.25) is 0 Å². The number of rotatable bonds is 4. The smallest absolute Gasteiger partial charge is 0.339 e. The van der Waals surface area contributed by atoms with Gasteiger partial charge < -0.3 is 15.5 Å². The number of para-hydroxylation sites is 1. The molecule has 9 heteroatoms. The Hall–Kier alpha value is -3.59. The maximum absolute atomic E-state index is 12.7.